The van der Waals surface area contributed by atoms with Gasteiger partial charge in [-0.3, -0.25) is 15.6 Å². The lowest BCUT2D eigenvalue weighted by atomic mass is 9.94. The van der Waals surface area contributed by atoms with Gasteiger partial charge in [-0.1, -0.05) is 12.1 Å². The Labute approximate surface area is 177 Å². The van der Waals surface area contributed by atoms with Gasteiger partial charge < -0.3 is 10.2 Å². The number of nitrogens with one attached hydrogen (secondary N) is 2. The maximum Gasteiger partial charge on any atom is 0.270 e. The fraction of sp³-hybridized carbons (Fsp3) is 0.286. The Morgan fingerprint density at radius 3 is 2.33 bits per heavy atom. The second kappa shape index (κ2) is 8.10. The van der Waals surface area contributed by atoms with Gasteiger partial charge in [-0.25, -0.2) is 4.39 Å². The van der Waals surface area contributed by atoms with E-state index in [0.717, 1.165) is 0 Å². The summed E-state index contributed by atoms with van der Waals surface area (Å²) < 4.78 is 15.0. The van der Waals surface area contributed by atoms with E-state index in [1.54, 1.807) is 50.6 Å². The number of aliphatic hydroxyl groups is 2. The summed E-state index contributed by atoms with van der Waals surface area (Å²) in [5.41, 5.74) is 4.28. The molecule has 1 aromatic carbocycles. The quantitative estimate of drug-likeness (QED) is 0.446. The van der Waals surface area contributed by atoms with Crippen molar-refractivity contribution in [2.24, 2.45) is 0 Å². The van der Waals surface area contributed by atoms with Crippen LogP contribution in [0.1, 0.15) is 49.3 Å². The third-order valence-corrected chi connectivity index (χ3v) is 5.15. The van der Waals surface area contributed by atoms with Crippen LogP contribution >= 0.6 is 11.3 Å². The Bertz CT molecular complexity index is 1060. The van der Waals surface area contributed by atoms with E-state index in [1.807, 2.05) is 0 Å². The summed E-state index contributed by atoms with van der Waals surface area (Å²) in [5, 5.41) is 31.9. The molecule has 7 nitrogen and oxygen atoms in total. The molecule has 0 fully saturated rings. The van der Waals surface area contributed by atoms with Crippen LogP contribution in [0.3, 0.4) is 0 Å². The fourth-order valence-electron chi connectivity index (χ4n) is 2.68. The van der Waals surface area contributed by atoms with Crippen LogP contribution in [0.25, 0.3) is 11.1 Å². The molecule has 0 aliphatic carbocycles. The molecular formula is C21H23FN4O3S. The van der Waals surface area contributed by atoms with Crippen LogP contribution in [-0.2, 0) is 11.2 Å². The van der Waals surface area contributed by atoms with Gasteiger partial charge in [0.05, 0.1) is 16.9 Å². The minimum atomic E-state index is -1.30. The van der Waals surface area contributed by atoms with Gasteiger partial charge in [0.2, 0.25) is 0 Å². The molecule has 3 aromatic rings. The van der Waals surface area contributed by atoms with Crippen LogP contribution in [0.4, 0.5) is 10.2 Å². The van der Waals surface area contributed by atoms with Gasteiger partial charge in [-0.2, -0.15) is 16.4 Å². The number of hydrogen-bond donors (Lipinski definition) is 4. The maximum atomic E-state index is 15.0. The van der Waals surface area contributed by atoms with Crippen LogP contribution in [0.5, 0.6) is 0 Å². The van der Waals surface area contributed by atoms with Crippen molar-refractivity contribution in [2.75, 3.05) is 5.43 Å². The Morgan fingerprint density at radius 1 is 1.03 bits per heavy atom. The number of thiophene rings is 1. The predicted octanol–water partition coefficient (Wildman–Crippen LogP) is 3.56. The summed E-state index contributed by atoms with van der Waals surface area (Å²) in [7, 11) is 0. The molecule has 0 unspecified atom stereocenters. The van der Waals surface area contributed by atoms with Crippen molar-refractivity contribution >= 4 is 23.1 Å². The van der Waals surface area contributed by atoms with Crippen molar-refractivity contribution in [1.29, 1.82) is 0 Å². The fourth-order valence-corrected chi connectivity index (χ4v) is 3.32. The molecule has 0 aliphatic heterocycles. The molecule has 0 saturated heterocycles. The van der Waals surface area contributed by atoms with E-state index >= 15 is 0 Å². The molecule has 3 rings (SSSR count). The maximum absolute atomic E-state index is 15.0. The molecule has 0 aliphatic rings. The molecule has 158 valence electrons. The van der Waals surface area contributed by atoms with Crippen LogP contribution < -0.4 is 10.9 Å². The second-order valence-electron chi connectivity index (χ2n) is 7.90. The number of anilines is 1. The summed E-state index contributed by atoms with van der Waals surface area (Å²) in [5.74, 6) is -0.855. The molecule has 0 bridgehead atoms. The molecule has 0 saturated carbocycles. The first-order valence-corrected chi connectivity index (χ1v) is 10.1. The Morgan fingerprint density at radius 2 is 1.77 bits per heavy atom. The number of aromatic nitrogens is 2. The lowest BCUT2D eigenvalue weighted by Gasteiger charge is -2.21. The highest BCUT2D eigenvalue weighted by Gasteiger charge is 2.24. The zero-order chi connectivity index (χ0) is 22.1. The lowest BCUT2D eigenvalue weighted by molar-refractivity contribution is 0.0728. The summed E-state index contributed by atoms with van der Waals surface area (Å²) in [6.07, 6.45) is 0. The number of benzene rings is 1. The van der Waals surface area contributed by atoms with E-state index < -0.39 is 17.0 Å². The minimum absolute atomic E-state index is 0.112. The zero-order valence-electron chi connectivity index (χ0n) is 17.0. The summed E-state index contributed by atoms with van der Waals surface area (Å²) in [6.45, 7) is 6.21. The van der Waals surface area contributed by atoms with Gasteiger partial charge in [0, 0.05) is 16.5 Å². The molecular weight excluding hydrogens is 407 g/mol. The molecule has 0 radical (unpaired) electrons. The zero-order valence-corrected chi connectivity index (χ0v) is 17.8. The predicted molar refractivity (Wildman–Crippen MR) is 113 cm³/mol. The lowest BCUT2D eigenvalue weighted by Crippen LogP contribution is -2.30. The molecule has 9 heteroatoms. The highest BCUT2D eigenvalue weighted by atomic mass is 32.1. The van der Waals surface area contributed by atoms with Gasteiger partial charge >= 0.3 is 0 Å². The number of hydrazine groups is 1. The first kappa shape index (κ1) is 21.8. The number of halogens is 1. The third kappa shape index (κ3) is 4.81. The highest BCUT2D eigenvalue weighted by Crippen LogP contribution is 2.33. The van der Waals surface area contributed by atoms with Crippen LogP contribution in [-0.4, -0.2) is 26.3 Å². The van der Waals surface area contributed by atoms with E-state index in [1.165, 1.54) is 29.5 Å². The van der Waals surface area contributed by atoms with Crippen molar-refractivity contribution in [1.82, 2.24) is 15.6 Å². The largest absolute Gasteiger partial charge is 0.386 e. The number of carbonyl (C=O) groups is 1. The monoisotopic (exact) mass is 430 g/mol. The van der Waals surface area contributed by atoms with Crippen LogP contribution in [0.15, 0.2) is 41.1 Å². The van der Waals surface area contributed by atoms with Crippen molar-refractivity contribution in [3.05, 3.63) is 63.7 Å². The highest BCUT2D eigenvalue weighted by molar-refractivity contribution is 7.08. The van der Waals surface area contributed by atoms with Gasteiger partial charge in [0.1, 0.15) is 11.4 Å². The topological polar surface area (TPSA) is 107 Å². The van der Waals surface area contributed by atoms with Gasteiger partial charge in [0.15, 0.2) is 5.82 Å². The SMILES string of the molecule is CC(C)(O)c1ccc(-c2cc(C(C)(C)O)nnc2NNC(=O)c2ccsc2)c(F)c1. The molecule has 30 heavy (non-hydrogen) atoms. The smallest absolute Gasteiger partial charge is 0.270 e. The Kier molecular flexibility index (Phi) is 5.89. The number of amides is 1. The third-order valence-electron chi connectivity index (χ3n) is 4.46. The van der Waals surface area contributed by atoms with Crippen molar-refractivity contribution < 1.29 is 19.4 Å². The number of rotatable bonds is 6. The number of hydrogen-bond acceptors (Lipinski definition) is 7. The van der Waals surface area contributed by atoms with E-state index in [4.69, 9.17) is 0 Å². The van der Waals surface area contributed by atoms with E-state index in [2.05, 4.69) is 21.0 Å². The first-order chi connectivity index (χ1) is 14.0. The number of nitrogens with zero attached hydrogens (tertiary/aromatic N) is 2. The van der Waals surface area contributed by atoms with Crippen LogP contribution in [0.2, 0.25) is 0 Å². The standard InChI is InChI=1S/C21H23FN4O3S/c1-20(2,28)13-5-6-14(16(22)9-13)15-10-17(21(3,4)29)23-24-18(15)25-26-19(27)12-7-8-30-11-12/h5-11,28-29H,1-4H3,(H,24,25)(H,26,27). The summed E-state index contributed by atoms with van der Waals surface area (Å²) in [6, 6.07) is 7.54. The van der Waals surface area contributed by atoms with Crippen molar-refractivity contribution in [3.8, 4) is 11.1 Å². The minimum Gasteiger partial charge on any atom is -0.386 e. The van der Waals surface area contributed by atoms with Gasteiger partial charge in [-0.15, -0.1) is 5.10 Å². The molecule has 0 spiro atoms. The Hall–Kier alpha value is -2.88. The van der Waals surface area contributed by atoms with Gasteiger partial charge in [0.25, 0.3) is 5.91 Å². The van der Waals surface area contributed by atoms with Crippen LogP contribution in [0, 0.1) is 5.82 Å². The first-order valence-electron chi connectivity index (χ1n) is 9.19. The number of carbonyl (C=O) groups excluding carboxylic acids is 1. The van der Waals surface area contributed by atoms with Crippen molar-refractivity contribution in [2.45, 2.75) is 38.9 Å². The normalized spacial score (nSPS) is 12.0. The summed E-state index contributed by atoms with van der Waals surface area (Å²) in [4.78, 5) is 12.2. The van der Waals surface area contributed by atoms with Crippen molar-refractivity contribution in [3.63, 3.8) is 0 Å². The molecule has 2 aromatic heterocycles. The Balaban J connectivity index is 2.01. The molecule has 1 amide bonds. The van der Waals surface area contributed by atoms with E-state index in [0.29, 0.717) is 16.7 Å². The average molecular weight is 431 g/mol. The van der Waals surface area contributed by atoms with E-state index in [-0.39, 0.29) is 23.0 Å². The van der Waals surface area contributed by atoms with Gasteiger partial charge in [-0.05, 0) is 56.8 Å². The molecule has 4 N–H and O–H groups in total. The molecule has 2 heterocycles. The average Bonchev–Trinajstić information content (AvgIpc) is 3.19. The second-order valence-corrected chi connectivity index (χ2v) is 8.68. The van der Waals surface area contributed by atoms with E-state index in [9.17, 15) is 19.4 Å². The molecule has 0 atom stereocenters. The summed E-state index contributed by atoms with van der Waals surface area (Å²) >= 11 is 1.39.